The first-order valence-electron chi connectivity index (χ1n) is 8.02. The van der Waals surface area contributed by atoms with Crippen LogP contribution < -0.4 is 16.4 Å². The monoisotopic (exact) mass is 318 g/mol. The molecule has 120 valence electrons. The Kier molecular flexibility index (Phi) is 3.38. The first-order chi connectivity index (χ1) is 11.7. The van der Waals surface area contributed by atoms with Crippen LogP contribution >= 0.6 is 0 Å². The van der Waals surface area contributed by atoms with Gasteiger partial charge in [0.25, 0.3) is 0 Å². The number of fused-ring (bicyclic) bond motifs is 2. The van der Waals surface area contributed by atoms with Gasteiger partial charge >= 0.3 is 0 Å². The van der Waals surface area contributed by atoms with Crippen LogP contribution in [0.4, 0.5) is 0 Å². The second kappa shape index (κ2) is 5.45. The van der Waals surface area contributed by atoms with E-state index in [1.807, 2.05) is 48.5 Å². The fourth-order valence-corrected chi connectivity index (χ4v) is 4.05. The summed E-state index contributed by atoms with van der Waals surface area (Å²) >= 11 is 0. The van der Waals surface area contributed by atoms with Crippen molar-refractivity contribution in [2.75, 3.05) is 0 Å². The van der Waals surface area contributed by atoms with E-state index >= 15 is 0 Å². The van der Waals surface area contributed by atoms with Crippen molar-refractivity contribution in [2.45, 2.75) is 25.2 Å². The lowest BCUT2D eigenvalue weighted by Crippen LogP contribution is -2.51. The second-order valence-electron chi connectivity index (χ2n) is 6.37. The molecule has 0 fully saturated rings. The number of rotatable bonds is 3. The van der Waals surface area contributed by atoms with Crippen molar-refractivity contribution in [3.05, 3.63) is 70.8 Å². The number of nitrogens with zero attached hydrogens (tertiary/aromatic N) is 1. The summed E-state index contributed by atoms with van der Waals surface area (Å²) < 4.78 is 0. The smallest absolute Gasteiger partial charge is 0.241 e. The van der Waals surface area contributed by atoms with Gasteiger partial charge in [-0.15, -0.1) is 0 Å². The average molecular weight is 318 g/mol. The SMILES string of the molecule is N#CC(C(N)=O)(C1NCc2ccccc21)C1NCc2ccccc21. The predicted molar refractivity (Wildman–Crippen MR) is 89.3 cm³/mol. The van der Waals surface area contributed by atoms with Crippen LogP contribution in [0, 0.1) is 16.7 Å². The van der Waals surface area contributed by atoms with Gasteiger partial charge in [0.1, 0.15) is 0 Å². The molecule has 5 heteroatoms. The minimum Gasteiger partial charge on any atom is -0.368 e. The van der Waals surface area contributed by atoms with Crippen molar-refractivity contribution in [3.63, 3.8) is 0 Å². The standard InChI is InChI=1S/C19H18N4O/c20-11-19(18(21)24,16-14-7-3-1-5-12(14)9-22-16)17-15-8-4-2-6-13(15)10-23-17/h1-8,16-17,22-23H,9-10H2,(H2,21,24). The third kappa shape index (κ3) is 1.91. The van der Waals surface area contributed by atoms with Gasteiger partial charge in [0.05, 0.1) is 18.2 Å². The van der Waals surface area contributed by atoms with E-state index in [1.54, 1.807) is 0 Å². The third-order valence-corrected chi connectivity index (χ3v) is 5.23. The highest BCUT2D eigenvalue weighted by Gasteiger charge is 2.55. The summed E-state index contributed by atoms with van der Waals surface area (Å²) in [5, 5.41) is 16.8. The first-order valence-corrected chi connectivity index (χ1v) is 8.02. The summed E-state index contributed by atoms with van der Waals surface area (Å²) in [5.41, 5.74) is 8.59. The number of carbonyl (C=O) groups is 1. The van der Waals surface area contributed by atoms with Gasteiger partial charge in [0.15, 0.2) is 5.41 Å². The van der Waals surface area contributed by atoms with E-state index in [0.29, 0.717) is 13.1 Å². The highest BCUT2D eigenvalue weighted by Crippen LogP contribution is 2.49. The molecule has 2 aromatic carbocycles. The molecule has 0 bridgehead atoms. The maximum absolute atomic E-state index is 12.6. The molecule has 5 nitrogen and oxygen atoms in total. The van der Waals surface area contributed by atoms with Gasteiger partial charge in [-0.05, 0) is 22.3 Å². The molecule has 0 aliphatic carbocycles. The molecule has 0 spiro atoms. The summed E-state index contributed by atoms with van der Waals surface area (Å²) in [6.45, 7) is 1.26. The molecule has 2 atom stereocenters. The Balaban J connectivity index is 1.87. The van der Waals surface area contributed by atoms with Crippen LogP contribution in [0.25, 0.3) is 0 Å². The molecule has 1 amide bonds. The zero-order chi connectivity index (χ0) is 16.7. The summed E-state index contributed by atoms with van der Waals surface area (Å²) in [5.74, 6) is -0.603. The zero-order valence-corrected chi connectivity index (χ0v) is 13.1. The fraction of sp³-hybridized carbons (Fsp3) is 0.263. The summed E-state index contributed by atoms with van der Waals surface area (Å²) in [7, 11) is 0. The van der Waals surface area contributed by atoms with Gasteiger partial charge in [-0.25, -0.2) is 0 Å². The van der Waals surface area contributed by atoms with Crippen molar-refractivity contribution in [3.8, 4) is 6.07 Å². The summed E-state index contributed by atoms with van der Waals surface area (Å²) in [6.07, 6.45) is 0. The summed E-state index contributed by atoms with van der Waals surface area (Å²) in [4.78, 5) is 12.6. The normalized spacial score (nSPS) is 23.8. The number of carbonyl (C=O) groups excluding carboxylic acids is 1. The second-order valence-corrected chi connectivity index (χ2v) is 6.37. The predicted octanol–water partition coefficient (Wildman–Crippen LogP) is 1.67. The Morgan fingerprint density at radius 3 is 1.88 bits per heavy atom. The van der Waals surface area contributed by atoms with Gasteiger partial charge in [-0.3, -0.25) is 4.79 Å². The minimum atomic E-state index is -1.39. The molecule has 0 saturated carbocycles. The Morgan fingerprint density at radius 1 is 1.00 bits per heavy atom. The number of benzene rings is 2. The van der Waals surface area contributed by atoms with Gasteiger partial charge in [-0.1, -0.05) is 48.5 Å². The van der Waals surface area contributed by atoms with Crippen molar-refractivity contribution in [2.24, 2.45) is 11.1 Å². The highest BCUT2D eigenvalue weighted by molar-refractivity contribution is 5.87. The van der Waals surface area contributed by atoms with Crippen molar-refractivity contribution in [1.29, 1.82) is 5.26 Å². The molecule has 4 N–H and O–H groups in total. The molecule has 2 aliphatic rings. The number of amides is 1. The van der Waals surface area contributed by atoms with E-state index in [1.165, 1.54) is 0 Å². The molecule has 2 unspecified atom stereocenters. The van der Waals surface area contributed by atoms with Crippen LogP contribution in [0.3, 0.4) is 0 Å². The van der Waals surface area contributed by atoms with E-state index in [-0.39, 0.29) is 0 Å². The van der Waals surface area contributed by atoms with Gasteiger partial charge < -0.3 is 16.4 Å². The topological polar surface area (TPSA) is 90.9 Å². The van der Waals surface area contributed by atoms with Crippen molar-refractivity contribution < 1.29 is 4.79 Å². The number of nitrogens with two attached hydrogens (primary N) is 1. The minimum absolute atomic E-state index is 0.431. The number of hydrogen-bond donors (Lipinski definition) is 3. The first kappa shape index (κ1) is 14.9. The van der Waals surface area contributed by atoms with Crippen LogP contribution in [0.15, 0.2) is 48.5 Å². The van der Waals surface area contributed by atoms with Crippen molar-refractivity contribution in [1.82, 2.24) is 10.6 Å². The van der Waals surface area contributed by atoms with Crippen LogP contribution in [0.2, 0.25) is 0 Å². The van der Waals surface area contributed by atoms with Crippen LogP contribution in [-0.2, 0) is 17.9 Å². The Labute approximate surface area is 140 Å². The number of hydrogen-bond acceptors (Lipinski definition) is 4. The molecule has 2 aromatic rings. The van der Waals surface area contributed by atoms with Crippen LogP contribution in [0.1, 0.15) is 34.3 Å². The maximum Gasteiger partial charge on any atom is 0.241 e. The van der Waals surface area contributed by atoms with Crippen LogP contribution in [-0.4, -0.2) is 5.91 Å². The highest BCUT2D eigenvalue weighted by atomic mass is 16.1. The molecule has 0 radical (unpaired) electrons. The van der Waals surface area contributed by atoms with Gasteiger partial charge in [0, 0.05) is 13.1 Å². The summed E-state index contributed by atoms with van der Waals surface area (Å²) in [6, 6.07) is 17.2. The third-order valence-electron chi connectivity index (χ3n) is 5.23. The van der Waals surface area contributed by atoms with Crippen molar-refractivity contribution >= 4 is 5.91 Å². The molecular weight excluding hydrogens is 300 g/mol. The quantitative estimate of drug-likeness (QED) is 0.803. The van der Waals surface area contributed by atoms with Gasteiger partial charge in [0.2, 0.25) is 5.91 Å². The Hall–Kier alpha value is -2.68. The number of nitriles is 1. The van der Waals surface area contributed by atoms with E-state index in [4.69, 9.17) is 5.73 Å². The molecule has 4 rings (SSSR count). The van der Waals surface area contributed by atoms with E-state index in [9.17, 15) is 10.1 Å². The average Bonchev–Trinajstić information content (AvgIpc) is 3.22. The molecule has 0 aromatic heterocycles. The fourth-order valence-electron chi connectivity index (χ4n) is 4.05. The molecule has 2 heterocycles. The van der Waals surface area contributed by atoms with Crippen LogP contribution in [0.5, 0.6) is 0 Å². The van der Waals surface area contributed by atoms with E-state index in [0.717, 1.165) is 22.3 Å². The Bertz CT molecular complexity index is 799. The lowest BCUT2D eigenvalue weighted by atomic mass is 9.70. The zero-order valence-electron chi connectivity index (χ0n) is 13.1. The lowest BCUT2D eigenvalue weighted by Gasteiger charge is -2.36. The van der Waals surface area contributed by atoms with E-state index < -0.39 is 23.4 Å². The molecule has 24 heavy (non-hydrogen) atoms. The maximum atomic E-state index is 12.6. The number of primary amides is 1. The number of nitrogens with one attached hydrogen (secondary N) is 2. The lowest BCUT2D eigenvalue weighted by molar-refractivity contribution is -0.127. The van der Waals surface area contributed by atoms with E-state index in [2.05, 4.69) is 16.7 Å². The molecule has 0 saturated heterocycles. The van der Waals surface area contributed by atoms with Gasteiger partial charge in [-0.2, -0.15) is 5.26 Å². The molecule has 2 aliphatic heterocycles. The largest absolute Gasteiger partial charge is 0.368 e. The Morgan fingerprint density at radius 2 is 1.46 bits per heavy atom. The molecular formula is C19H18N4O.